The Hall–Kier alpha value is -1.08. The molecule has 90 valence electrons. The quantitative estimate of drug-likeness (QED) is 0.721. The first-order valence-electron chi connectivity index (χ1n) is 6.10. The average molecular weight is 219 g/mol. The number of hydrogen-bond acceptors (Lipinski definition) is 1. The van der Waals surface area contributed by atoms with Crippen molar-refractivity contribution in [3.8, 4) is 0 Å². The van der Waals surface area contributed by atoms with Crippen molar-refractivity contribution >= 4 is 6.08 Å². The normalized spacial score (nSPS) is 9.50. The Morgan fingerprint density at radius 1 is 1.06 bits per heavy atom. The first-order chi connectivity index (χ1) is 7.74. The predicted octanol–water partition coefficient (Wildman–Crippen LogP) is 4.07. The summed E-state index contributed by atoms with van der Waals surface area (Å²) in [6.07, 6.45) is 4.38. The van der Waals surface area contributed by atoms with E-state index in [2.05, 4.69) is 32.4 Å². The molecule has 0 spiro atoms. The maximum Gasteiger partial charge on any atom is -0.00244 e. The zero-order chi connectivity index (χ0) is 12.2. The molecule has 1 rings (SSSR count). The van der Waals surface area contributed by atoms with Crippen LogP contribution >= 0.6 is 0 Å². The Morgan fingerprint density at radius 3 is 1.88 bits per heavy atom. The minimum atomic E-state index is 1.17. The van der Waals surface area contributed by atoms with Crippen molar-refractivity contribution in [2.75, 3.05) is 20.1 Å². The number of benzene rings is 1. The van der Waals surface area contributed by atoms with E-state index in [-0.39, 0.29) is 0 Å². The smallest absolute Gasteiger partial charge is 0.00244 e. The molecule has 1 heteroatoms. The van der Waals surface area contributed by atoms with Crippen LogP contribution in [0.25, 0.3) is 6.08 Å². The van der Waals surface area contributed by atoms with E-state index < -0.39 is 0 Å². The minimum absolute atomic E-state index is 1.17. The summed E-state index contributed by atoms with van der Waals surface area (Å²) in [6.45, 7) is 10.5. The average Bonchev–Trinajstić information content (AvgIpc) is 2.32. The van der Waals surface area contributed by atoms with Gasteiger partial charge in [-0.25, -0.2) is 0 Å². The summed E-state index contributed by atoms with van der Waals surface area (Å²) in [5, 5.41) is 0. The van der Waals surface area contributed by atoms with Crippen LogP contribution in [0, 0.1) is 0 Å². The van der Waals surface area contributed by atoms with Crippen molar-refractivity contribution in [1.82, 2.24) is 4.90 Å². The molecule has 0 bridgehead atoms. The lowest BCUT2D eigenvalue weighted by molar-refractivity contribution is 0.335. The van der Waals surface area contributed by atoms with Gasteiger partial charge >= 0.3 is 0 Å². The van der Waals surface area contributed by atoms with Gasteiger partial charge in [-0.15, -0.1) is 0 Å². The minimum Gasteiger partial charge on any atom is -0.306 e. The van der Waals surface area contributed by atoms with Gasteiger partial charge in [0, 0.05) is 0 Å². The molecule has 1 nitrogen and oxygen atoms in total. The fourth-order valence-electron chi connectivity index (χ4n) is 1.46. The summed E-state index contributed by atoms with van der Waals surface area (Å²) < 4.78 is 0. The Morgan fingerprint density at radius 2 is 1.56 bits per heavy atom. The van der Waals surface area contributed by atoms with Gasteiger partial charge in [-0.3, -0.25) is 0 Å². The number of hydrogen-bond donors (Lipinski definition) is 0. The molecule has 1 aromatic carbocycles. The highest BCUT2D eigenvalue weighted by atomic mass is 15.1. The van der Waals surface area contributed by atoms with E-state index in [0.717, 1.165) is 0 Å². The monoisotopic (exact) mass is 219 g/mol. The van der Waals surface area contributed by atoms with Crippen molar-refractivity contribution in [2.24, 2.45) is 0 Å². The predicted molar refractivity (Wildman–Crippen MR) is 74.6 cm³/mol. The van der Waals surface area contributed by atoms with E-state index in [1.807, 2.05) is 36.4 Å². The van der Waals surface area contributed by atoms with E-state index in [9.17, 15) is 0 Å². The molecule has 0 aliphatic carbocycles. The van der Waals surface area contributed by atoms with Crippen LogP contribution in [0.2, 0.25) is 0 Å². The molecule has 0 heterocycles. The standard InChI is InChI=1S/C8H8.C7H17N/c1-2-8-6-4-3-5-7-8;1-4-6-8(3)7-5-2/h2-7H,1H2;4-7H2,1-3H3. The molecule has 0 aliphatic heterocycles. The molecule has 16 heavy (non-hydrogen) atoms. The summed E-state index contributed by atoms with van der Waals surface area (Å²) in [5.74, 6) is 0. The Bertz CT molecular complexity index is 247. The lowest BCUT2D eigenvalue weighted by Crippen LogP contribution is -2.19. The van der Waals surface area contributed by atoms with E-state index in [0.29, 0.717) is 0 Å². The molecule has 0 atom stereocenters. The Labute approximate surface area is 101 Å². The van der Waals surface area contributed by atoms with Crippen LogP contribution in [-0.2, 0) is 0 Å². The molecule has 0 fully saturated rings. The fraction of sp³-hybridized carbons (Fsp3) is 0.467. The summed E-state index contributed by atoms with van der Waals surface area (Å²) in [6, 6.07) is 10.0. The van der Waals surface area contributed by atoms with Crippen LogP contribution in [0.15, 0.2) is 36.9 Å². The lowest BCUT2D eigenvalue weighted by Gasteiger charge is -2.12. The third-order valence-electron chi connectivity index (χ3n) is 2.25. The largest absolute Gasteiger partial charge is 0.306 e. The van der Waals surface area contributed by atoms with Gasteiger partial charge in [0.1, 0.15) is 0 Å². The number of nitrogens with zero attached hydrogens (tertiary/aromatic N) is 1. The molecule has 0 unspecified atom stereocenters. The van der Waals surface area contributed by atoms with Crippen LogP contribution in [-0.4, -0.2) is 25.0 Å². The first kappa shape index (κ1) is 14.9. The molecular formula is C15H25N. The summed E-state index contributed by atoms with van der Waals surface area (Å²) in [5.41, 5.74) is 1.17. The van der Waals surface area contributed by atoms with Gasteiger partial charge < -0.3 is 4.90 Å². The summed E-state index contributed by atoms with van der Waals surface area (Å²) in [7, 11) is 2.17. The molecule has 0 saturated heterocycles. The summed E-state index contributed by atoms with van der Waals surface area (Å²) >= 11 is 0. The zero-order valence-electron chi connectivity index (χ0n) is 10.9. The Balaban J connectivity index is 0.000000281. The maximum absolute atomic E-state index is 3.63. The second-order valence-corrected chi connectivity index (χ2v) is 3.92. The molecule has 0 aliphatic rings. The molecule has 0 N–H and O–H groups in total. The van der Waals surface area contributed by atoms with Crippen LogP contribution in [0.3, 0.4) is 0 Å². The molecule has 0 radical (unpaired) electrons. The van der Waals surface area contributed by atoms with Gasteiger partial charge in [0.2, 0.25) is 0 Å². The highest BCUT2D eigenvalue weighted by molar-refractivity contribution is 5.45. The topological polar surface area (TPSA) is 3.24 Å². The number of rotatable bonds is 5. The third-order valence-corrected chi connectivity index (χ3v) is 2.25. The van der Waals surface area contributed by atoms with E-state index in [1.165, 1.54) is 31.5 Å². The van der Waals surface area contributed by atoms with E-state index in [1.54, 1.807) is 0 Å². The first-order valence-corrected chi connectivity index (χ1v) is 6.10. The fourth-order valence-corrected chi connectivity index (χ4v) is 1.46. The van der Waals surface area contributed by atoms with Crippen LogP contribution in [0.5, 0.6) is 0 Å². The van der Waals surface area contributed by atoms with Crippen molar-refractivity contribution in [3.63, 3.8) is 0 Å². The lowest BCUT2D eigenvalue weighted by atomic mass is 10.2. The van der Waals surface area contributed by atoms with Crippen molar-refractivity contribution in [1.29, 1.82) is 0 Å². The van der Waals surface area contributed by atoms with Crippen molar-refractivity contribution in [2.45, 2.75) is 26.7 Å². The van der Waals surface area contributed by atoms with Gasteiger partial charge in [0.15, 0.2) is 0 Å². The van der Waals surface area contributed by atoms with Crippen molar-refractivity contribution < 1.29 is 0 Å². The molecule has 0 aromatic heterocycles. The zero-order valence-corrected chi connectivity index (χ0v) is 10.9. The van der Waals surface area contributed by atoms with Gasteiger partial charge in [0.25, 0.3) is 0 Å². The molecule has 1 aromatic rings. The SMILES string of the molecule is C=Cc1ccccc1.CCCN(C)CCC. The maximum atomic E-state index is 3.63. The third kappa shape index (κ3) is 8.25. The van der Waals surface area contributed by atoms with Gasteiger partial charge in [-0.05, 0) is 38.5 Å². The van der Waals surface area contributed by atoms with Gasteiger partial charge in [-0.2, -0.15) is 0 Å². The molecule has 0 amide bonds. The summed E-state index contributed by atoms with van der Waals surface area (Å²) in [4.78, 5) is 2.36. The molecular weight excluding hydrogens is 194 g/mol. The molecule has 0 saturated carbocycles. The second kappa shape index (κ2) is 10.4. The van der Waals surface area contributed by atoms with Crippen LogP contribution in [0.4, 0.5) is 0 Å². The highest BCUT2D eigenvalue weighted by Crippen LogP contribution is 1.97. The van der Waals surface area contributed by atoms with Gasteiger partial charge in [-0.1, -0.05) is 56.8 Å². The highest BCUT2D eigenvalue weighted by Gasteiger charge is 1.90. The Kier molecular flexibility index (Phi) is 9.73. The van der Waals surface area contributed by atoms with Crippen LogP contribution < -0.4 is 0 Å². The second-order valence-electron chi connectivity index (χ2n) is 3.92. The van der Waals surface area contributed by atoms with Crippen molar-refractivity contribution in [3.05, 3.63) is 42.5 Å². The van der Waals surface area contributed by atoms with E-state index in [4.69, 9.17) is 0 Å². The van der Waals surface area contributed by atoms with Gasteiger partial charge in [0.05, 0.1) is 0 Å². The van der Waals surface area contributed by atoms with E-state index >= 15 is 0 Å². The van der Waals surface area contributed by atoms with Crippen LogP contribution in [0.1, 0.15) is 32.3 Å².